The quantitative estimate of drug-likeness (QED) is 0.938. The minimum absolute atomic E-state index is 0.0579. The van der Waals surface area contributed by atoms with Crippen LogP contribution in [0.1, 0.15) is 34.7 Å². The molecule has 0 unspecified atom stereocenters. The van der Waals surface area contributed by atoms with Crippen molar-refractivity contribution in [1.82, 2.24) is 4.98 Å². The van der Waals surface area contributed by atoms with Gasteiger partial charge in [-0.3, -0.25) is 4.98 Å². The zero-order valence-corrected chi connectivity index (χ0v) is 11.9. The minimum atomic E-state index is -3.67. The Hall–Kier alpha value is -2.21. The van der Waals surface area contributed by atoms with E-state index in [9.17, 15) is 13.2 Å². The van der Waals surface area contributed by atoms with E-state index in [0.717, 1.165) is 18.4 Å². The smallest absolute Gasteiger partial charge is 0.335 e. The largest absolute Gasteiger partial charge is 0.478 e. The predicted octanol–water partition coefficient (Wildman–Crippen LogP) is 2.49. The lowest BCUT2D eigenvalue weighted by Crippen LogP contribution is -2.06. The summed E-state index contributed by atoms with van der Waals surface area (Å²) in [6.45, 7) is 0. The summed E-state index contributed by atoms with van der Waals surface area (Å²) in [7, 11) is -3.67. The molecular formula is C15H13NO4S. The van der Waals surface area contributed by atoms with Crippen molar-refractivity contribution in [3.05, 3.63) is 53.9 Å². The molecule has 0 amide bonds. The van der Waals surface area contributed by atoms with Crippen LogP contribution in [0, 0.1) is 0 Å². The van der Waals surface area contributed by atoms with Crippen molar-refractivity contribution < 1.29 is 18.3 Å². The van der Waals surface area contributed by atoms with Gasteiger partial charge in [0, 0.05) is 12.4 Å². The molecule has 0 saturated heterocycles. The first-order chi connectivity index (χ1) is 10.00. The average molecular weight is 303 g/mol. The van der Waals surface area contributed by atoms with Crippen LogP contribution in [0.25, 0.3) is 0 Å². The van der Waals surface area contributed by atoms with Gasteiger partial charge in [-0.2, -0.15) is 0 Å². The van der Waals surface area contributed by atoms with Crippen LogP contribution < -0.4 is 0 Å². The summed E-state index contributed by atoms with van der Waals surface area (Å²) in [4.78, 5) is 15.0. The summed E-state index contributed by atoms with van der Waals surface area (Å²) in [5, 5.41) is 8.86. The van der Waals surface area contributed by atoms with Gasteiger partial charge in [-0.1, -0.05) is 0 Å². The zero-order chi connectivity index (χ0) is 15.0. The van der Waals surface area contributed by atoms with Gasteiger partial charge in [0.25, 0.3) is 0 Å². The van der Waals surface area contributed by atoms with Gasteiger partial charge >= 0.3 is 5.97 Å². The fraction of sp³-hybridized carbons (Fsp3) is 0.200. The molecule has 0 radical (unpaired) electrons. The first-order valence-corrected chi connectivity index (χ1v) is 8.01. The number of rotatable bonds is 4. The third-order valence-electron chi connectivity index (χ3n) is 3.53. The summed E-state index contributed by atoms with van der Waals surface area (Å²) in [6, 6.07) is 6.98. The minimum Gasteiger partial charge on any atom is -0.478 e. The van der Waals surface area contributed by atoms with E-state index in [2.05, 4.69) is 4.98 Å². The van der Waals surface area contributed by atoms with Crippen molar-refractivity contribution in [3.8, 4) is 0 Å². The number of carboxylic acid groups (broad SMARTS) is 1. The number of pyridine rings is 1. The maximum absolute atomic E-state index is 12.7. The second-order valence-corrected chi connectivity index (χ2v) is 6.94. The second kappa shape index (κ2) is 4.96. The Kier molecular flexibility index (Phi) is 3.25. The average Bonchev–Trinajstić information content (AvgIpc) is 3.32. The highest BCUT2D eigenvalue weighted by atomic mass is 32.2. The number of aromatic carboxylic acids is 1. The van der Waals surface area contributed by atoms with Gasteiger partial charge < -0.3 is 5.11 Å². The summed E-state index contributed by atoms with van der Waals surface area (Å²) in [5.74, 6) is -0.796. The lowest BCUT2D eigenvalue weighted by Gasteiger charge is -2.09. The van der Waals surface area contributed by atoms with Crippen molar-refractivity contribution in [2.75, 3.05) is 0 Å². The molecule has 1 aliphatic rings. The molecule has 1 aliphatic carbocycles. The molecule has 1 aromatic heterocycles. The number of carboxylic acids is 1. The van der Waals surface area contributed by atoms with Gasteiger partial charge in [0.05, 0.1) is 15.4 Å². The molecule has 1 fully saturated rings. The molecule has 3 rings (SSSR count). The highest BCUT2D eigenvalue weighted by Crippen LogP contribution is 2.43. The fourth-order valence-electron chi connectivity index (χ4n) is 2.25. The number of hydrogen-bond acceptors (Lipinski definition) is 4. The molecule has 0 aliphatic heterocycles. The van der Waals surface area contributed by atoms with Crippen molar-refractivity contribution in [1.29, 1.82) is 0 Å². The Labute approximate surface area is 122 Å². The number of nitrogens with zero attached hydrogens (tertiary/aromatic N) is 1. The molecule has 1 heterocycles. The van der Waals surface area contributed by atoms with Crippen molar-refractivity contribution in [2.24, 2.45) is 0 Å². The lowest BCUT2D eigenvalue weighted by molar-refractivity contribution is 0.0696. The third kappa shape index (κ3) is 2.54. The predicted molar refractivity (Wildman–Crippen MR) is 75.1 cm³/mol. The molecule has 0 spiro atoms. The number of sulfone groups is 1. The van der Waals surface area contributed by atoms with Crippen LogP contribution in [0.5, 0.6) is 0 Å². The molecule has 6 heteroatoms. The van der Waals surface area contributed by atoms with E-state index in [0.29, 0.717) is 0 Å². The van der Waals surface area contributed by atoms with Gasteiger partial charge in [0.1, 0.15) is 0 Å². The summed E-state index contributed by atoms with van der Waals surface area (Å²) >= 11 is 0. The van der Waals surface area contributed by atoms with E-state index in [4.69, 9.17) is 5.11 Å². The molecule has 0 bridgehead atoms. The molecule has 21 heavy (non-hydrogen) atoms. The molecule has 108 valence electrons. The zero-order valence-electron chi connectivity index (χ0n) is 11.1. The van der Waals surface area contributed by atoms with Crippen molar-refractivity contribution in [2.45, 2.75) is 28.6 Å². The summed E-state index contributed by atoms with van der Waals surface area (Å²) < 4.78 is 25.4. The molecule has 1 saturated carbocycles. The summed E-state index contributed by atoms with van der Waals surface area (Å²) in [6.07, 6.45) is 4.95. The topological polar surface area (TPSA) is 84.3 Å². The molecule has 5 nitrogen and oxygen atoms in total. The Bertz CT molecular complexity index is 793. The maximum atomic E-state index is 12.7. The fourth-order valence-corrected chi connectivity index (χ4v) is 3.74. The first kappa shape index (κ1) is 13.8. The van der Waals surface area contributed by atoms with E-state index in [1.165, 1.54) is 30.5 Å². The molecule has 2 aromatic rings. The number of hydrogen-bond donors (Lipinski definition) is 1. The second-order valence-electron chi connectivity index (χ2n) is 5.02. The van der Waals surface area contributed by atoms with Crippen molar-refractivity contribution >= 4 is 15.8 Å². The lowest BCUT2D eigenvalue weighted by atomic mass is 10.2. The van der Waals surface area contributed by atoms with Crippen LogP contribution in [0.3, 0.4) is 0 Å². The molecule has 1 aromatic carbocycles. The number of aromatic nitrogens is 1. The van der Waals surface area contributed by atoms with E-state index in [1.54, 1.807) is 12.3 Å². The Morgan fingerprint density at radius 1 is 1.14 bits per heavy atom. The van der Waals surface area contributed by atoms with E-state index >= 15 is 0 Å². The van der Waals surface area contributed by atoms with Gasteiger partial charge in [-0.05, 0) is 54.7 Å². The van der Waals surface area contributed by atoms with Crippen LogP contribution in [0.2, 0.25) is 0 Å². The van der Waals surface area contributed by atoms with Gasteiger partial charge in [-0.25, -0.2) is 13.2 Å². The summed E-state index contributed by atoms with van der Waals surface area (Å²) in [5.41, 5.74) is 0.856. The van der Waals surface area contributed by atoms with E-state index in [-0.39, 0.29) is 21.3 Å². The van der Waals surface area contributed by atoms with Crippen molar-refractivity contribution in [3.63, 3.8) is 0 Å². The molecule has 1 N–H and O–H groups in total. The van der Waals surface area contributed by atoms with Crippen LogP contribution in [-0.4, -0.2) is 24.5 Å². The molecular weight excluding hydrogens is 290 g/mol. The van der Waals surface area contributed by atoms with E-state index < -0.39 is 15.8 Å². The third-order valence-corrected chi connectivity index (χ3v) is 5.35. The van der Waals surface area contributed by atoms with Gasteiger partial charge in [-0.15, -0.1) is 0 Å². The van der Waals surface area contributed by atoms with Gasteiger partial charge in [0.2, 0.25) is 9.84 Å². The van der Waals surface area contributed by atoms with Crippen LogP contribution in [0.4, 0.5) is 0 Å². The monoisotopic (exact) mass is 303 g/mol. The number of benzene rings is 1. The van der Waals surface area contributed by atoms with Crippen LogP contribution in [-0.2, 0) is 9.84 Å². The Morgan fingerprint density at radius 2 is 1.81 bits per heavy atom. The highest BCUT2D eigenvalue weighted by Gasteiger charge is 2.31. The SMILES string of the molecule is O=C(O)c1ccc(S(=O)(=O)c2cnccc2C2CC2)cc1. The number of carbonyl (C=O) groups is 1. The standard InChI is InChI=1S/C15H13NO4S/c17-15(18)11-3-5-12(6-4-11)21(19,20)14-9-16-8-7-13(14)10-1-2-10/h3-10H,1-2H2,(H,17,18). The Morgan fingerprint density at radius 3 is 2.38 bits per heavy atom. The Balaban J connectivity index is 2.06. The normalized spacial score (nSPS) is 14.9. The van der Waals surface area contributed by atoms with Crippen LogP contribution in [0.15, 0.2) is 52.5 Å². The van der Waals surface area contributed by atoms with Crippen LogP contribution >= 0.6 is 0 Å². The highest BCUT2D eigenvalue weighted by molar-refractivity contribution is 7.91. The first-order valence-electron chi connectivity index (χ1n) is 6.52. The molecule has 0 atom stereocenters. The van der Waals surface area contributed by atoms with Gasteiger partial charge in [0.15, 0.2) is 0 Å². The maximum Gasteiger partial charge on any atom is 0.335 e. The van der Waals surface area contributed by atoms with E-state index in [1.807, 2.05) is 0 Å².